The van der Waals surface area contributed by atoms with Crippen molar-refractivity contribution in [1.29, 1.82) is 5.26 Å². The zero-order chi connectivity index (χ0) is 21.3. The van der Waals surface area contributed by atoms with Gasteiger partial charge in [0.1, 0.15) is 24.1 Å². The number of methoxy groups -OCH3 is 1. The molecule has 2 heterocycles. The summed E-state index contributed by atoms with van der Waals surface area (Å²) in [6, 6.07) is 13.7. The number of hydrogen-bond acceptors (Lipinski definition) is 6. The molecule has 3 N–H and O–H groups in total. The van der Waals surface area contributed by atoms with E-state index in [2.05, 4.69) is 16.3 Å². The maximum atomic E-state index is 13.1. The van der Waals surface area contributed by atoms with Crippen molar-refractivity contribution in [2.75, 3.05) is 7.11 Å². The molecule has 3 aromatic rings. The van der Waals surface area contributed by atoms with Crippen LogP contribution >= 0.6 is 0 Å². The molecule has 0 bridgehead atoms. The SMILES string of the molecule is COc1cc(C2C(C#N)=C(N)Oc3n[nH]c(C)c32)ccc1OCc1ccc(F)cc1. The molecule has 0 saturated heterocycles. The Morgan fingerprint density at radius 2 is 2.00 bits per heavy atom. The number of nitrogens with two attached hydrogens (primary N) is 1. The van der Waals surface area contributed by atoms with Gasteiger partial charge < -0.3 is 19.9 Å². The number of aryl methyl sites for hydroxylation is 1. The minimum atomic E-state index is -0.447. The van der Waals surface area contributed by atoms with Crippen LogP contribution < -0.4 is 19.9 Å². The van der Waals surface area contributed by atoms with Gasteiger partial charge in [-0.3, -0.25) is 5.10 Å². The first-order chi connectivity index (χ1) is 14.5. The van der Waals surface area contributed by atoms with E-state index >= 15 is 0 Å². The topological polar surface area (TPSA) is 106 Å². The molecule has 152 valence electrons. The lowest BCUT2D eigenvalue weighted by Crippen LogP contribution is -2.21. The maximum Gasteiger partial charge on any atom is 0.244 e. The standard InChI is InChI=1S/C22H19FN4O3/c1-12-19-20(16(10-24)21(25)30-22(19)27-26-12)14-5-8-17(18(9-14)28-2)29-11-13-3-6-15(23)7-4-13/h3-9,20H,11,25H2,1-2H3,(H,26,27). The van der Waals surface area contributed by atoms with Crippen LogP contribution in [0.3, 0.4) is 0 Å². The van der Waals surface area contributed by atoms with Crippen molar-refractivity contribution in [3.63, 3.8) is 0 Å². The van der Waals surface area contributed by atoms with Gasteiger partial charge in [0.05, 0.1) is 13.0 Å². The van der Waals surface area contributed by atoms with Gasteiger partial charge >= 0.3 is 0 Å². The number of fused-ring (bicyclic) bond motifs is 1. The molecule has 2 aromatic carbocycles. The number of halogens is 1. The highest BCUT2D eigenvalue weighted by Crippen LogP contribution is 2.44. The van der Waals surface area contributed by atoms with Crippen LogP contribution in [0.2, 0.25) is 0 Å². The van der Waals surface area contributed by atoms with Crippen molar-refractivity contribution in [2.45, 2.75) is 19.4 Å². The van der Waals surface area contributed by atoms with Gasteiger partial charge in [-0.25, -0.2) is 4.39 Å². The predicted molar refractivity (Wildman–Crippen MR) is 106 cm³/mol. The number of benzene rings is 2. The molecule has 1 aliphatic heterocycles. The fourth-order valence-electron chi connectivity index (χ4n) is 3.46. The number of ether oxygens (including phenoxy) is 3. The number of allylic oxidation sites excluding steroid dienone is 1. The Morgan fingerprint density at radius 3 is 2.70 bits per heavy atom. The summed E-state index contributed by atoms with van der Waals surface area (Å²) in [4.78, 5) is 0. The Bertz CT molecular complexity index is 1160. The summed E-state index contributed by atoms with van der Waals surface area (Å²) >= 11 is 0. The zero-order valence-electron chi connectivity index (χ0n) is 16.4. The summed E-state index contributed by atoms with van der Waals surface area (Å²) in [6.07, 6.45) is 0. The highest BCUT2D eigenvalue weighted by Gasteiger charge is 2.34. The van der Waals surface area contributed by atoms with Crippen molar-refractivity contribution in [3.8, 4) is 23.4 Å². The molecule has 0 saturated carbocycles. The van der Waals surface area contributed by atoms with Gasteiger partial charge in [0, 0.05) is 11.3 Å². The molecule has 0 spiro atoms. The van der Waals surface area contributed by atoms with E-state index < -0.39 is 5.92 Å². The molecule has 7 nitrogen and oxygen atoms in total. The molecule has 0 fully saturated rings. The molecule has 30 heavy (non-hydrogen) atoms. The average Bonchev–Trinajstić information content (AvgIpc) is 3.12. The van der Waals surface area contributed by atoms with Crippen LogP contribution in [-0.2, 0) is 6.61 Å². The predicted octanol–water partition coefficient (Wildman–Crippen LogP) is 3.66. The highest BCUT2D eigenvalue weighted by atomic mass is 19.1. The Kier molecular flexibility index (Phi) is 5.02. The first-order valence-corrected chi connectivity index (χ1v) is 9.19. The number of rotatable bonds is 5. The van der Waals surface area contributed by atoms with Gasteiger partial charge in [0.25, 0.3) is 0 Å². The summed E-state index contributed by atoms with van der Waals surface area (Å²) in [5.74, 6) is 0.655. The molecular formula is C22H19FN4O3. The lowest BCUT2D eigenvalue weighted by molar-refractivity contribution is 0.284. The van der Waals surface area contributed by atoms with Gasteiger partial charge in [-0.1, -0.05) is 18.2 Å². The van der Waals surface area contributed by atoms with E-state index in [9.17, 15) is 9.65 Å². The lowest BCUT2D eigenvalue weighted by Gasteiger charge is -2.24. The van der Waals surface area contributed by atoms with Gasteiger partial charge in [0.15, 0.2) is 11.5 Å². The second-order valence-corrected chi connectivity index (χ2v) is 6.82. The summed E-state index contributed by atoms with van der Waals surface area (Å²) in [5.41, 5.74) is 9.41. The molecule has 1 aliphatic rings. The van der Waals surface area contributed by atoms with E-state index in [-0.39, 0.29) is 18.3 Å². The third-order valence-corrected chi connectivity index (χ3v) is 4.96. The third kappa shape index (κ3) is 3.42. The normalized spacial score (nSPS) is 15.2. The molecule has 1 unspecified atom stereocenters. The Balaban J connectivity index is 1.68. The molecule has 4 rings (SSSR count). The Labute approximate surface area is 172 Å². The first-order valence-electron chi connectivity index (χ1n) is 9.19. The summed E-state index contributed by atoms with van der Waals surface area (Å²) in [6.45, 7) is 2.12. The molecule has 0 radical (unpaired) electrons. The van der Waals surface area contributed by atoms with E-state index in [4.69, 9.17) is 19.9 Å². The summed E-state index contributed by atoms with van der Waals surface area (Å²) in [5, 5.41) is 16.7. The van der Waals surface area contributed by atoms with Gasteiger partial charge in [0.2, 0.25) is 11.8 Å². The van der Waals surface area contributed by atoms with Crippen LogP contribution in [0, 0.1) is 24.1 Å². The van der Waals surface area contributed by atoms with Gasteiger partial charge in [-0.05, 0) is 42.3 Å². The van der Waals surface area contributed by atoms with E-state index in [0.717, 1.165) is 22.4 Å². The van der Waals surface area contributed by atoms with Crippen LogP contribution in [0.1, 0.15) is 28.3 Å². The number of aromatic nitrogens is 2. The largest absolute Gasteiger partial charge is 0.493 e. The molecule has 0 aliphatic carbocycles. The molecular weight excluding hydrogens is 387 g/mol. The molecule has 1 aromatic heterocycles. The molecule has 1 atom stereocenters. The maximum absolute atomic E-state index is 13.1. The molecule has 0 amide bonds. The van der Waals surface area contributed by atoms with Crippen LogP contribution in [-0.4, -0.2) is 17.3 Å². The average molecular weight is 406 g/mol. The summed E-state index contributed by atoms with van der Waals surface area (Å²) < 4.78 is 29.9. The second-order valence-electron chi connectivity index (χ2n) is 6.82. The van der Waals surface area contributed by atoms with Gasteiger partial charge in [-0.15, -0.1) is 5.10 Å². The number of nitrogens with one attached hydrogen (secondary N) is 1. The quantitative estimate of drug-likeness (QED) is 0.670. The van der Waals surface area contributed by atoms with Crippen LogP contribution in [0.4, 0.5) is 4.39 Å². The number of nitriles is 1. The zero-order valence-corrected chi connectivity index (χ0v) is 16.4. The monoisotopic (exact) mass is 406 g/mol. The highest BCUT2D eigenvalue weighted by molar-refractivity contribution is 5.57. The van der Waals surface area contributed by atoms with Crippen molar-refractivity contribution >= 4 is 0 Å². The van der Waals surface area contributed by atoms with Crippen molar-refractivity contribution in [2.24, 2.45) is 5.73 Å². The number of H-pyrrole nitrogens is 1. The van der Waals surface area contributed by atoms with Crippen molar-refractivity contribution < 1.29 is 18.6 Å². The minimum Gasteiger partial charge on any atom is -0.493 e. The van der Waals surface area contributed by atoms with E-state index in [1.807, 2.05) is 13.0 Å². The van der Waals surface area contributed by atoms with Gasteiger partial charge in [-0.2, -0.15) is 5.26 Å². The van der Waals surface area contributed by atoms with Crippen molar-refractivity contribution in [1.82, 2.24) is 10.2 Å². The van der Waals surface area contributed by atoms with Crippen LogP contribution in [0.5, 0.6) is 17.4 Å². The third-order valence-electron chi connectivity index (χ3n) is 4.96. The van der Waals surface area contributed by atoms with E-state index in [0.29, 0.717) is 23.0 Å². The number of aromatic amines is 1. The Hall–Kier alpha value is -3.99. The number of nitrogens with zero attached hydrogens (tertiary/aromatic N) is 2. The van der Waals surface area contributed by atoms with E-state index in [1.165, 1.54) is 19.2 Å². The lowest BCUT2D eigenvalue weighted by atomic mass is 9.84. The minimum absolute atomic E-state index is 0.0251. The smallest absolute Gasteiger partial charge is 0.244 e. The Morgan fingerprint density at radius 1 is 1.23 bits per heavy atom. The van der Waals surface area contributed by atoms with Crippen LogP contribution in [0.25, 0.3) is 0 Å². The second kappa shape index (κ2) is 7.79. The molecule has 8 heteroatoms. The van der Waals surface area contributed by atoms with Crippen molar-refractivity contribution in [3.05, 3.63) is 82.1 Å². The van der Waals surface area contributed by atoms with Crippen LogP contribution in [0.15, 0.2) is 53.9 Å². The fourth-order valence-corrected chi connectivity index (χ4v) is 3.46. The fraction of sp³-hybridized carbons (Fsp3) is 0.182. The first kappa shape index (κ1) is 19.3. The summed E-state index contributed by atoms with van der Waals surface area (Å²) in [7, 11) is 1.54. The van der Waals surface area contributed by atoms with E-state index in [1.54, 1.807) is 24.3 Å². The number of hydrogen-bond donors (Lipinski definition) is 2.